The molecule has 0 bridgehead atoms. The van der Waals surface area contributed by atoms with Crippen LogP contribution in [0.5, 0.6) is 11.5 Å². The maximum atomic E-state index is 13.2. The molecular weight excluding hydrogens is 1130 g/mol. The van der Waals surface area contributed by atoms with Gasteiger partial charge in [-0.25, -0.2) is 29.5 Å². The largest absolute Gasteiger partial charge is 0.490 e. The number of hydrogen-bond acceptors (Lipinski definition) is 12. The Morgan fingerprint density at radius 2 is 1.05 bits per heavy atom. The third-order valence-corrected chi connectivity index (χ3v) is 15.5. The molecule has 2 fully saturated rings. The van der Waals surface area contributed by atoms with Crippen molar-refractivity contribution in [3.63, 3.8) is 0 Å². The summed E-state index contributed by atoms with van der Waals surface area (Å²) in [5, 5.41) is 6.94. The van der Waals surface area contributed by atoms with Gasteiger partial charge in [0.15, 0.2) is 17.9 Å². The highest BCUT2D eigenvalue weighted by Gasteiger charge is 2.37. The number of rotatable bonds is 9. The summed E-state index contributed by atoms with van der Waals surface area (Å²) in [5.74, 6) is 13.6. The van der Waals surface area contributed by atoms with E-state index in [1.54, 1.807) is 54.5 Å². The Hall–Kier alpha value is -7.80. The molecule has 2 atom stereocenters. The number of anilines is 1. The van der Waals surface area contributed by atoms with E-state index in [0.29, 0.717) is 34.3 Å². The fraction of sp³-hybridized carbons (Fsp3) is 0.323. The van der Waals surface area contributed by atoms with Crippen LogP contribution in [0.2, 0.25) is 10.0 Å². The lowest BCUT2D eigenvalue weighted by atomic mass is 9.92. The van der Waals surface area contributed by atoms with E-state index in [1.807, 2.05) is 91.0 Å². The second-order valence-electron chi connectivity index (χ2n) is 19.6. The number of hydrogen-bond donors (Lipinski definition) is 3. The highest BCUT2D eigenvalue weighted by atomic mass is 79.9. The average Bonchev–Trinajstić information content (AvgIpc) is 4.29. The fourth-order valence-corrected chi connectivity index (χ4v) is 11.4. The first kappa shape index (κ1) is 56.5. The number of nitrogens with zero attached hydrogens (tertiary/aromatic N) is 7. The lowest BCUT2D eigenvalue weighted by Crippen LogP contribution is -2.41. The lowest BCUT2D eigenvalue weighted by molar-refractivity contribution is 0.0985. The number of carbonyl (C=O) groups is 2. The molecule has 4 aromatic carbocycles. The lowest BCUT2D eigenvalue weighted by Gasteiger charge is -2.35. The van der Waals surface area contributed by atoms with Crippen LogP contribution >= 0.6 is 39.1 Å². The molecule has 4 aliphatic rings. The van der Waals surface area contributed by atoms with Crippen LogP contribution in [-0.4, -0.2) is 117 Å². The van der Waals surface area contributed by atoms with Gasteiger partial charge in [-0.2, -0.15) is 0 Å². The molecule has 81 heavy (non-hydrogen) atoms. The Morgan fingerprint density at radius 3 is 1.48 bits per heavy atom. The summed E-state index contributed by atoms with van der Waals surface area (Å²) in [4.78, 5) is 55.3. The van der Waals surface area contributed by atoms with Gasteiger partial charge in [0.2, 0.25) is 5.95 Å². The monoisotopic (exact) mass is 1190 g/mol. The molecule has 12 rings (SSSR count). The zero-order valence-corrected chi connectivity index (χ0v) is 48.1. The minimum atomic E-state index is -0.385. The average molecular weight is 1190 g/mol. The Morgan fingerprint density at radius 1 is 0.605 bits per heavy atom. The predicted molar refractivity (Wildman–Crippen MR) is 318 cm³/mol. The quantitative estimate of drug-likeness (QED) is 0.0922. The van der Waals surface area contributed by atoms with Gasteiger partial charge in [-0.3, -0.25) is 9.80 Å². The van der Waals surface area contributed by atoms with Crippen LogP contribution in [-0.2, 0) is 22.3 Å². The number of carbonyl (C=O) groups excluding carboxylic acids is 2. The number of fused-ring (bicyclic) bond motifs is 6. The number of H-pyrrole nitrogens is 2. The molecule has 2 amide bonds. The Balaban J connectivity index is 0.000000164. The predicted octanol–water partition coefficient (Wildman–Crippen LogP) is 12.1. The van der Waals surface area contributed by atoms with Crippen molar-refractivity contribution in [1.82, 2.24) is 45.0 Å². The molecule has 4 aliphatic heterocycles. The molecule has 8 heterocycles. The number of ether oxygens (including phenoxy) is 4. The van der Waals surface area contributed by atoms with Crippen molar-refractivity contribution < 1.29 is 28.5 Å². The molecule has 0 saturated carbocycles. The topological polar surface area (TPSA) is 176 Å². The number of amides is 2. The van der Waals surface area contributed by atoms with Crippen molar-refractivity contribution in [1.29, 1.82) is 0 Å². The van der Waals surface area contributed by atoms with E-state index in [9.17, 15) is 9.59 Å². The van der Waals surface area contributed by atoms with Gasteiger partial charge in [-0.1, -0.05) is 59.3 Å². The second-order valence-corrected chi connectivity index (χ2v) is 21.2. The zero-order chi connectivity index (χ0) is 56.1. The van der Waals surface area contributed by atoms with Crippen molar-refractivity contribution in [3.05, 3.63) is 170 Å². The van der Waals surface area contributed by atoms with Crippen molar-refractivity contribution in [2.75, 3.05) is 57.4 Å². The number of piperidine rings is 2. The van der Waals surface area contributed by atoms with Gasteiger partial charge in [0.25, 0.3) is 0 Å². The first-order valence-electron chi connectivity index (χ1n) is 27.1. The van der Waals surface area contributed by atoms with Crippen LogP contribution in [0, 0.1) is 23.7 Å². The van der Waals surface area contributed by atoms with Crippen LogP contribution in [0.3, 0.4) is 0 Å². The first-order valence-corrected chi connectivity index (χ1v) is 28.6. The van der Waals surface area contributed by atoms with E-state index >= 15 is 0 Å². The third-order valence-electron chi connectivity index (χ3n) is 14.6. The van der Waals surface area contributed by atoms with Crippen LogP contribution in [0.4, 0.5) is 15.5 Å². The Labute approximate surface area is 489 Å². The van der Waals surface area contributed by atoms with Gasteiger partial charge < -0.3 is 39.1 Å². The van der Waals surface area contributed by atoms with Crippen LogP contribution < -0.4 is 19.7 Å². The first-order chi connectivity index (χ1) is 39.6. The van der Waals surface area contributed by atoms with Gasteiger partial charge in [0.05, 0.1) is 0 Å². The number of benzene rings is 4. The van der Waals surface area contributed by atoms with E-state index in [4.69, 9.17) is 42.1 Å². The maximum Gasteiger partial charge on any atom is 0.411 e. The number of halogens is 3. The van der Waals surface area contributed by atoms with Gasteiger partial charge in [0, 0.05) is 107 Å². The van der Waals surface area contributed by atoms with Crippen LogP contribution in [0.1, 0.15) is 85.3 Å². The maximum absolute atomic E-state index is 13.2. The fourth-order valence-electron chi connectivity index (χ4n) is 10.8. The molecule has 16 nitrogen and oxygen atoms in total. The normalized spacial score (nSPS) is 16.9. The van der Waals surface area contributed by atoms with Gasteiger partial charge >= 0.3 is 12.2 Å². The van der Waals surface area contributed by atoms with Gasteiger partial charge in [-0.05, 0) is 164 Å². The highest BCUT2D eigenvalue weighted by Crippen LogP contribution is 2.42. The van der Waals surface area contributed by atoms with E-state index in [2.05, 4.69) is 79.7 Å². The summed E-state index contributed by atoms with van der Waals surface area (Å²) in [6.45, 7) is 8.34. The summed E-state index contributed by atoms with van der Waals surface area (Å²) < 4.78 is 24.1. The van der Waals surface area contributed by atoms with Crippen molar-refractivity contribution in [2.45, 2.75) is 76.7 Å². The summed E-state index contributed by atoms with van der Waals surface area (Å²) in [6.07, 6.45) is 11.7. The second kappa shape index (κ2) is 27.1. The van der Waals surface area contributed by atoms with Gasteiger partial charge in [-0.15, -0.1) is 11.8 Å². The third kappa shape index (κ3) is 13.9. The smallest absolute Gasteiger partial charge is 0.411 e. The molecule has 3 N–H and O–H groups in total. The molecular formula is C62H61BrCl2N10O6. The summed E-state index contributed by atoms with van der Waals surface area (Å²) in [6, 6.07) is 30.8. The molecule has 416 valence electrons. The van der Waals surface area contributed by atoms with Crippen molar-refractivity contribution in [3.8, 4) is 35.2 Å². The number of nitrogens with one attached hydrogen (secondary N) is 3. The Kier molecular flexibility index (Phi) is 18.9. The molecule has 0 unspecified atom stereocenters. The summed E-state index contributed by atoms with van der Waals surface area (Å²) in [5.41, 5.74) is 8.32. The minimum Gasteiger partial charge on any atom is -0.490 e. The van der Waals surface area contributed by atoms with Crippen LogP contribution in [0.25, 0.3) is 21.8 Å². The van der Waals surface area contributed by atoms with E-state index in [1.165, 1.54) is 11.1 Å². The standard InChI is InChI=1S/C31H30ClN5O3.C27H28ClN3O3.C4H3BrN2/c1-2-3-19-39-31(38)37-18-13-25-26-20-22(32)7-10-27(26)35-28(25)29(37)21-5-8-23(9-6-21)40-24-11-16-36(17-12-24)30-33-14-4-15-34-30;1-2-3-16-33-27(32)31-15-12-22-23-17-19(28)6-9-24(23)30-25(22)26(31)18-4-7-20(8-5-18)34-21-10-13-29-14-11-21;5-4-6-2-1-3-7-4/h4-10,14-15,20,24,29,35H,11-13,16-19H2,1H3;4-9,17,21,26,29-30H,10-16H2,1H3;1-3H/t29-;26-;/m00./s1. The number of aromatic amines is 2. The molecule has 0 radical (unpaired) electrons. The van der Waals surface area contributed by atoms with Crippen molar-refractivity contribution in [2.24, 2.45) is 0 Å². The highest BCUT2D eigenvalue weighted by molar-refractivity contribution is 9.10. The summed E-state index contributed by atoms with van der Waals surface area (Å²) >= 11 is 15.7. The summed E-state index contributed by atoms with van der Waals surface area (Å²) in [7, 11) is 0. The molecule has 8 aromatic rings. The van der Waals surface area contributed by atoms with E-state index in [0.717, 1.165) is 120 Å². The van der Waals surface area contributed by atoms with Crippen LogP contribution in [0.15, 0.2) is 127 Å². The molecule has 2 saturated heterocycles. The van der Waals surface area contributed by atoms with Gasteiger partial charge in [0.1, 0.15) is 35.8 Å². The minimum absolute atomic E-state index is 0.0652. The zero-order valence-electron chi connectivity index (χ0n) is 45.0. The molecule has 0 aliphatic carbocycles. The van der Waals surface area contributed by atoms with E-state index in [-0.39, 0.29) is 49.7 Å². The SMILES string of the molecule is Brc1ncccn1.CC#CCOC(=O)N1CCc2c([nH]c3ccc(Cl)cc23)[C@@H]1c1ccc(OC2CCN(c3ncccn3)CC2)cc1.CC#CCOC(=O)N1CCc2c([nH]c3ccc(Cl)cc23)[C@@H]1c1ccc(OC2CCNCC2)cc1. The molecule has 0 spiro atoms. The van der Waals surface area contributed by atoms with E-state index < -0.39 is 0 Å². The number of aromatic nitrogens is 6. The molecule has 19 heteroatoms. The molecule has 4 aromatic heterocycles. The Bertz CT molecular complexity index is 3550. The van der Waals surface area contributed by atoms with Crippen molar-refractivity contribution >= 4 is 79.1 Å².